The van der Waals surface area contributed by atoms with E-state index in [0.717, 1.165) is 5.56 Å². The highest BCUT2D eigenvalue weighted by molar-refractivity contribution is 5.94. The molecule has 0 fully saturated rings. The Kier molecular flexibility index (Phi) is 4.83. The molecule has 0 unspecified atom stereocenters. The van der Waals surface area contributed by atoms with Crippen LogP contribution in [-0.2, 0) is 9.53 Å². The van der Waals surface area contributed by atoms with E-state index in [1.54, 1.807) is 13.0 Å². The molecule has 1 rings (SSSR count). The van der Waals surface area contributed by atoms with Gasteiger partial charge in [-0.05, 0) is 24.6 Å². The van der Waals surface area contributed by atoms with E-state index < -0.39 is 17.7 Å². The maximum absolute atomic E-state index is 13.6. The Balaban J connectivity index is 2.71. The van der Waals surface area contributed by atoms with Gasteiger partial charge in [0.05, 0.1) is 19.1 Å². The SMILES string of the molecule is COC(=O)CCN(C)C(=O)c1ccc(C)cc1F. The molecule has 0 N–H and O–H groups in total. The van der Waals surface area contributed by atoms with Crippen LogP contribution in [0.4, 0.5) is 4.39 Å². The fourth-order valence-corrected chi connectivity index (χ4v) is 1.46. The summed E-state index contributed by atoms with van der Waals surface area (Å²) in [4.78, 5) is 24.2. The van der Waals surface area contributed by atoms with Crippen LogP contribution in [-0.4, -0.2) is 37.5 Å². The minimum Gasteiger partial charge on any atom is -0.469 e. The minimum absolute atomic E-state index is 0.00738. The van der Waals surface area contributed by atoms with Crippen LogP contribution in [0, 0.1) is 12.7 Å². The van der Waals surface area contributed by atoms with Gasteiger partial charge in [0, 0.05) is 13.6 Å². The highest BCUT2D eigenvalue weighted by Crippen LogP contribution is 2.12. The summed E-state index contributed by atoms with van der Waals surface area (Å²) in [6, 6.07) is 4.42. The minimum atomic E-state index is -0.551. The number of amides is 1. The first-order chi connectivity index (χ1) is 8.45. The average molecular weight is 253 g/mol. The second kappa shape index (κ2) is 6.14. The fourth-order valence-electron chi connectivity index (χ4n) is 1.46. The first-order valence-electron chi connectivity index (χ1n) is 5.54. The molecule has 18 heavy (non-hydrogen) atoms. The van der Waals surface area contributed by atoms with Crippen molar-refractivity contribution in [2.24, 2.45) is 0 Å². The first-order valence-corrected chi connectivity index (χ1v) is 5.54. The van der Waals surface area contributed by atoms with E-state index >= 15 is 0 Å². The maximum Gasteiger partial charge on any atom is 0.307 e. The van der Waals surface area contributed by atoms with Crippen molar-refractivity contribution in [3.63, 3.8) is 0 Å². The maximum atomic E-state index is 13.6. The third-order valence-electron chi connectivity index (χ3n) is 2.58. The molecule has 0 aliphatic rings. The standard InChI is InChI=1S/C13H16FNO3/c1-9-4-5-10(11(14)8-9)13(17)15(2)7-6-12(16)18-3/h4-5,8H,6-7H2,1-3H3. The molecular formula is C13H16FNO3. The van der Waals surface area contributed by atoms with Crippen LogP contribution in [0.2, 0.25) is 0 Å². The van der Waals surface area contributed by atoms with Gasteiger partial charge in [-0.25, -0.2) is 4.39 Å². The molecule has 1 aromatic rings. The number of carbonyl (C=O) groups is 2. The molecule has 0 bridgehead atoms. The lowest BCUT2D eigenvalue weighted by Crippen LogP contribution is -2.30. The molecule has 4 nitrogen and oxygen atoms in total. The van der Waals surface area contributed by atoms with Crippen LogP contribution in [0.15, 0.2) is 18.2 Å². The lowest BCUT2D eigenvalue weighted by atomic mass is 10.1. The molecule has 1 amide bonds. The smallest absolute Gasteiger partial charge is 0.307 e. The normalized spacial score (nSPS) is 10.0. The number of hydrogen-bond acceptors (Lipinski definition) is 3. The number of nitrogens with zero attached hydrogens (tertiary/aromatic N) is 1. The number of rotatable bonds is 4. The molecule has 0 aliphatic heterocycles. The molecule has 0 aromatic heterocycles. The van der Waals surface area contributed by atoms with Gasteiger partial charge < -0.3 is 9.64 Å². The summed E-state index contributed by atoms with van der Waals surface area (Å²) < 4.78 is 18.1. The molecule has 0 heterocycles. The Hall–Kier alpha value is -1.91. The number of hydrogen-bond donors (Lipinski definition) is 0. The fraction of sp³-hybridized carbons (Fsp3) is 0.385. The predicted molar refractivity (Wildman–Crippen MR) is 64.7 cm³/mol. The Bertz CT molecular complexity index is 460. The van der Waals surface area contributed by atoms with Crippen molar-refractivity contribution < 1.29 is 18.7 Å². The van der Waals surface area contributed by atoms with Crippen molar-refractivity contribution in [3.05, 3.63) is 35.1 Å². The summed E-state index contributed by atoms with van der Waals surface area (Å²) in [7, 11) is 2.80. The largest absolute Gasteiger partial charge is 0.469 e. The van der Waals surface area contributed by atoms with E-state index in [9.17, 15) is 14.0 Å². The van der Waals surface area contributed by atoms with Crippen molar-refractivity contribution in [2.45, 2.75) is 13.3 Å². The number of carbonyl (C=O) groups excluding carboxylic acids is 2. The number of halogens is 1. The number of aryl methyl sites for hydroxylation is 1. The second-order valence-electron chi connectivity index (χ2n) is 4.04. The molecule has 1 aromatic carbocycles. The van der Waals surface area contributed by atoms with Gasteiger partial charge in [0.2, 0.25) is 0 Å². The molecule has 0 atom stereocenters. The summed E-state index contributed by atoms with van der Waals surface area (Å²) >= 11 is 0. The molecule has 0 radical (unpaired) electrons. The van der Waals surface area contributed by atoms with Gasteiger partial charge >= 0.3 is 5.97 Å². The van der Waals surface area contributed by atoms with Crippen molar-refractivity contribution >= 4 is 11.9 Å². The highest BCUT2D eigenvalue weighted by Gasteiger charge is 2.16. The predicted octanol–water partition coefficient (Wildman–Crippen LogP) is 1.77. The lowest BCUT2D eigenvalue weighted by Gasteiger charge is -2.16. The van der Waals surface area contributed by atoms with E-state index in [4.69, 9.17) is 0 Å². The molecule has 0 saturated heterocycles. The Morgan fingerprint density at radius 3 is 2.61 bits per heavy atom. The zero-order chi connectivity index (χ0) is 13.7. The zero-order valence-electron chi connectivity index (χ0n) is 10.7. The number of methoxy groups -OCH3 is 1. The monoisotopic (exact) mass is 253 g/mol. The average Bonchev–Trinajstić information content (AvgIpc) is 2.34. The summed E-state index contributed by atoms with van der Waals surface area (Å²) in [6.07, 6.45) is 0.0895. The van der Waals surface area contributed by atoms with Crippen molar-refractivity contribution in [1.82, 2.24) is 4.90 Å². The summed E-state index contributed by atoms with van der Waals surface area (Å²) in [5, 5.41) is 0. The molecule has 0 aliphatic carbocycles. The van der Waals surface area contributed by atoms with Crippen LogP contribution in [0.25, 0.3) is 0 Å². The molecule has 98 valence electrons. The molecule has 0 saturated carbocycles. The quantitative estimate of drug-likeness (QED) is 0.768. The van der Waals surface area contributed by atoms with Crippen LogP contribution >= 0.6 is 0 Å². The van der Waals surface area contributed by atoms with E-state index in [2.05, 4.69) is 4.74 Å². The van der Waals surface area contributed by atoms with E-state index in [1.807, 2.05) is 0 Å². The molecular weight excluding hydrogens is 237 g/mol. The van der Waals surface area contributed by atoms with Gasteiger partial charge in [-0.2, -0.15) is 0 Å². The van der Waals surface area contributed by atoms with Crippen LogP contribution in [0.5, 0.6) is 0 Å². The topological polar surface area (TPSA) is 46.6 Å². The summed E-state index contributed by atoms with van der Waals surface area (Å²) in [5.74, 6) is -1.40. The number of esters is 1. The van der Waals surface area contributed by atoms with Crippen molar-refractivity contribution in [3.8, 4) is 0 Å². The van der Waals surface area contributed by atoms with Crippen molar-refractivity contribution in [2.75, 3.05) is 20.7 Å². The van der Waals surface area contributed by atoms with Crippen LogP contribution in [0.3, 0.4) is 0 Å². The van der Waals surface area contributed by atoms with Gasteiger partial charge in [0.25, 0.3) is 5.91 Å². The van der Waals surface area contributed by atoms with Crippen molar-refractivity contribution in [1.29, 1.82) is 0 Å². The Morgan fingerprint density at radius 2 is 2.06 bits per heavy atom. The lowest BCUT2D eigenvalue weighted by molar-refractivity contribution is -0.140. The van der Waals surface area contributed by atoms with E-state index in [-0.39, 0.29) is 18.5 Å². The van der Waals surface area contributed by atoms with Gasteiger partial charge in [0.15, 0.2) is 0 Å². The van der Waals surface area contributed by atoms with E-state index in [0.29, 0.717) is 0 Å². The Labute approximate surface area is 105 Å². The molecule has 5 heteroatoms. The third kappa shape index (κ3) is 3.55. The third-order valence-corrected chi connectivity index (χ3v) is 2.58. The number of benzene rings is 1. The van der Waals surface area contributed by atoms with Gasteiger partial charge in [0.1, 0.15) is 5.82 Å². The first kappa shape index (κ1) is 14.2. The zero-order valence-corrected chi connectivity index (χ0v) is 10.7. The number of ether oxygens (including phenoxy) is 1. The van der Waals surface area contributed by atoms with Gasteiger partial charge in [-0.15, -0.1) is 0 Å². The van der Waals surface area contributed by atoms with Gasteiger partial charge in [-0.1, -0.05) is 6.07 Å². The summed E-state index contributed by atoms with van der Waals surface area (Å²) in [5.41, 5.74) is 0.759. The molecule has 0 spiro atoms. The van der Waals surface area contributed by atoms with Gasteiger partial charge in [-0.3, -0.25) is 9.59 Å². The van der Waals surface area contributed by atoms with Crippen LogP contribution < -0.4 is 0 Å². The summed E-state index contributed by atoms with van der Waals surface area (Å²) in [6.45, 7) is 1.94. The second-order valence-corrected chi connectivity index (χ2v) is 4.04. The van der Waals surface area contributed by atoms with E-state index in [1.165, 1.54) is 31.2 Å². The Morgan fingerprint density at radius 1 is 1.39 bits per heavy atom. The highest BCUT2D eigenvalue weighted by atomic mass is 19.1. The van der Waals surface area contributed by atoms with Crippen LogP contribution in [0.1, 0.15) is 22.3 Å².